The van der Waals surface area contributed by atoms with Crippen molar-refractivity contribution in [1.29, 1.82) is 0 Å². The van der Waals surface area contributed by atoms with Crippen LogP contribution in [0.1, 0.15) is 39.5 Å². The molecular weight excluding hydrogens is 222 g/mol. The van der Waals surface area contributed by atoms with E-state index in [1.54, 1.807) is 0 Å². The molecule has 2 atom stereocenters. The van der Waals surface area contributed by atoms with E-state index in [9.17, 15) is 9.59 Å². The van der Waals surface area contributed by atoms with Crippen LogP contribution in [0.15, 0.2) is 0 Å². The number of carboxylic acids is 1. The maximum atomic E-state index is 11.9. The third-order valence-corrected chi connectivity index (χ3v) is 2.96. The highest BCUT2D eigenvalue weighted by Crippen LogP contribution is 2.14. The van der Waals surface area contributed by atoms with Crippen LogP contribution < -0.4 is 0 Å². The van der Waals surface area contributed by atoms with Crippen LogP contribution in [0.4, 0.5) is 0 Å². The number of unbranched alkanes of at least 4 members (excludes halogenated alkanes) is 1. The predicted molar refractivity (Wildman–Crippen MR) is 62.7 cm³/mol. The number of carbonyl (C=O) groups excluding carboxylic acids is 1. The van der Waals surface area contributed by atoms with Crippen LogP contribution in [0.5, 0.6) is 0 Å². The summed E-state index contributed by atoms with van der Waals surface area (Å²) >= 11 is 0. The van der Waals surface area contributed by atoms with Crippen molar-refractivity contribution in [2.75, 3.05) is 13.2 Å². The second kappa shape index (κ2) is 6.59. The monoisotopic (exact) mass is 243 g/mol. The first kappa shape index (κ1) is 14.0. The standard InChI is InChI=1S/C12H21NO4/c1-9-8-17-10(2)7-13(9)11(14)5-3-4-6-12(15)16/h9-10H,3-8H2,1-2H3,(H,15,16). The van der Waals surface area contributed by atoms with Gasteiger partial charge in [0.2, 0.25) is 5.91 Å². The molecule has 1 heterocycles. The summed E-state index contributed by atoms with van der Waals surface area (Å²) in [6.07, 6.45) is 1.88. The lowest BCUT2D eigenvalue weighted by atomic mass is 10.1. The Bertz CT molecular complexity index is 280. The largest absolute Gasteiger partial charge is 0.481 e. The minimum atomic E-state index is -0.800. The molecule has 1 aliphatic heterocycles. The van der Waals surface area contributed by atoms with Crippen molar-refractivity contribution in [2.45, 2.75) is 51.7 Å². The van der Waals surface area contributed by atoms with E-state index in [0.717, 1.165) is 0 Å². The topological polar surface area (TPSA) is 66.8 Å². The van der Waals surface area contributed by atoms with Crippen LogP contribution >= 0.6 is 0 Å². The number of amides is 1. The molecule has 17 heavy (non-hydrogen) atoms. The van der Waals surface area contributed by atoms with Gasteiger partial charge in [0.15, 0.2) is 0 Å². The van der Waals surface area contributed by atoms with E-state index in [2.05, 4.69) is 0 Å². The van der Waals surface area contributed by atoms with Crippen LogP contribution in [-0.2, 0) is 14.3 Å². The lowest BCUT2D eigenvalue weighted by Gasteiger charge is -2.36. The Labute approximate surface area is 102 Å². The number of hydrogen-bond donors (Lipinski definition) is 1. The van der Waals surface area contributed by atoms with Gasteiger partial charge in [-0.1, -0.05) is 0 Å². The van der Waals surface area contributed by atoms with E-state index in [1.165, 1.54) is 0 Å². The summed E-state index contributed by atoms with van der Waals surface area (Å²) in [7, 11) is 0. The van der Waals surface area contributed by atoms with Gasteiger partial charge in [0, 0.05) is 19.4 Å². The second-order valence-electron chi connectivity index (χ2n) is 4.64. The number of carboxylic acid groups (broad SMARTS) is 1. The zero-order valence-corrected chi connectivity index (χ0v) is 10.5. The highest BCUT2D eigenvalue weighted by Gasteiger charge is 2.26. The number of aliphatic carboxylic acids is 1. The van der Waals surface area contributed by atoms with Crippen molar-refractivity contribution in [1.82, 2.24) is 4.90 Å². The molecule has 0 spiro atoms. The third-order valence-electron chi connectivity index (χ3n) is 2.96. The van der Waals surface area contributed by atoms with Gasteiger partial charge in [0.25, 0.3) is 0 Å². The minimum absolute atomic E-state index is 0.0918. The molecule has 0 aliphatic carbocycles. The maximum Gasteiger partial charge on any atom is 0.303 e. The summed E-state index contributed by atoms with van der Waals surface area (Å²) in [5.41, 5.74) is 0. The summed E-state index contributed by atoms with van der Waals surface area (Å²) < 4.78 is 5.46. The van der Waals surface area contributed by atoms with Crippen molar-refractivity contribution in [3.8, 4) is 0 Å². The normalized spacial score (nSPS) is 24.7. The first-order chi connectivity index (χ1) is 8.00. The van der Waals surface area contributed by atoms with Gasteiger partial charge >= 0.3 is 5.97 Å². The fourth-order valence-corrected chi connectivity index (χ4v) is 1.95. The molecule has 0 saturated carbocycles. The fourth-order valence-electron chi connectivity index (χ4n) is 1.95. The van der Waals surface area contributed by atoms with Gasteiger partial charge in [-0.05, 0) is 26.7 Å². The number of morpholine rings is 1. The van der Waals surface area contributed by atoms with Crippen molar-refractivity contribution >= 4 is 11.9 Å². The van der Waals surface area contributed by atoms with Crippen LogP contribution in [0.25, 0.3) is 0 Å². The van der Waals surface area contributed by atoms with Gasteiger partial charge in [-0.25, -0.2) is 0 Å². The Morgan fingerprint density at radius 3 is 2.59 bits per heavy atom. The average molecular weight is 243 g/mol. The van der Waals surface area contributed by atoms with Gasteiger partial charge in [0.1, 0.15) is 0 Å². The van der Waals surface area contributed by atoms with Gasteiger partial charge in [-0.2, -0.15) is 0 Å². The molecular formula is C12H21NO4. The smallest absolute Gasteiger partial charge is 0.303 e. The summed E-state index contributed by atoms with van der Waals surface area (Å²) in [5.74, 6) is -0.691. The number of nitrogens with zero attached hydrogens (tertiary/aromatic N) is 1. The average Bonchev–Trinajstić information content (AvgIpc) is 2.27. The van der Waals surface area contributed by atoms with Crippen LogP contribution in [0, 0.1) is 0 Å². The van der Waals surface area contributed by atoms with Gasteiger partial charge in [0.05, 0.1) is 18.8 Å². The Morgan fingerprint density at radius 1 is 1.29 bits per heavy atom. The van der Waals surface area contributed by atoms with E-state index in [0.29, 0.717) is 32.4 Å². The van der Waals surface area contributed by atoms with Crippen molar-refractivity contribution < 1.29 is 19.4 Å². The summed E-state index contributed by atoms with van der Waals surface area (Å²) in [5, 5.41) is 8.49. The molecule has 1 saturated heterocycles. The summed E-state index contributed by atoms with van der Waals surface area (Å²) in [6, 6.07) is 0.123. The molecule has 98 valence electrons. The molecule has 1 rings (SSSR count). The lowest BCUT2D eigenvalue weighted by molar-refractivity contribution is -0.143. The molecule has 0 aromatic heterocycles. The lowest BCUT2D eigenvalue weighted by Crippen LogP contribution is -2.50. The first-order valence-corrected chi connectivity index (χ1v) is 6.13. The van der Waals surface area contributed by atoms with Crippen molar-refractivity contribution in [3.05, 3.63) is 0 Å². The molecule has 0 radical (unpaired) electrons. The molecule has 5 nitrogen and oxygen atoms in total. The molecule has 5 heteroatoms. The molecule has 1 N–H and O–H groups in total. The highest BCUT2D eigenvalue weighted by atomic mass is 16.5. The number of carbonyl (C=O) groups is 2. The Kier molecular flexibility index (Phi) is 5.41. The minimum Gasteiger partial charge on any atom is -0.481 e. The maximum absolute atomic E-state index is 11.9. The summed E-state index contributed by atoms with van der Waals surface area (Å²) in [4.78, 5) is 24.1. The van der Waals surface area contributed by atoms with Crippen molar-refractivity contribution in [2.24, 2.45) is 0 Å². The van der Waals surface area contributed by atoms with Gasteiger partial charge < -0.3 is 14.7 Å². The van der Waals surface area contributed by atoms with Crippen LogP contribution in [0.3, 0.4) is 0 Å². The fraction of sp³-hybridized carbons (Fsp3) is 0.833. The SMILES string of the molecule is CC1CN(C(=O)CCCCC(=O)O)C(C)CO1. The van der Waals surface area contributed by atoms with E-state index in [4.69, 9.17) is 9.84 Å². The van der Waals surface area contributed by atoms with Gasteiger partial charge in [-0.3, -0.25) is 9.59 Å². The van der Waals surface area contributed by atoms with E-state index < -0.39 is 5.97 Å². The second-order valence-corrected chi connectivity index (χ2v) is 4.64. The van der Waals surface area contributed by atoms with E-state index in [1.807, 2.05) is 18.7 Å². The van der Waals surface area contributed by atoms with Crippen LogP contribution in [0.2, 0.25) is 0 Å². The number of ether oxygens (including phenoxy) is 1. The Hall–Kier alpha value is -1.10. The zero-order chi connectivity index (χ0) is 12.8. The van der Waals surface area contributed by atoms with Crippen LogP contribution in [-0.4, -0.2) is 47.2 Å². The Morgan fingerprint density at radius 2 is 1.94 bits per heavy atom. The zero-order valence-electron chi connectivity index (χ0n) is 10.5. The molecule has 0 aromatic rings. The van der Waals surface area contributed by atoms with Gasteiger partial charge in [-0.15, -0.1) is 0 Å². The van der Waals surface area contributed by atoms with E-state index >= 15 is 0 Å². The highest BCUT2D eigenvalue weighted by molar-refractivity contribution is 5.76. The Balaban J connectivity index is 2.28. The molecule has 0 bridgehead atoms. The van der Waals surface area contributed by atoms with E-state index in [-0.39, 0.29) is 24.5 Å². The summed E-state index contributed by atoms with van der Waals surface area (Å²) in [6.45, 7) is 5.15. The molecule has 0 aromatic carbocycles. The predicted octanol–water partition coefficient (Wildman–Crippen LogP) is 1.27. The van der Waals surface area contributed by atoms with Crippen molar-refractivity contribution in [3.63, 3.8) is 0 Å². The molecule has 1 aliphatic rings. The molecule has 1 fully saturated rings. The number of rotatable bonds is 5. The first-order valence-electron chi connectivity index (χ1n) is 6.13. The third kappa shape index (κ3) is 4.73. The number of hydrogen-bond acceptors (Lipinski definition) is 3. The molecule has 2 unspecified atom stereocenters. The quantitative estimate of drug-likeness (QED) is 0.738. The molecule has 1 amide bonds.